The summed E-state index contributed by atoms with van der Waals surface area (Å²) in [6, 6.07) is 5.76. The van der Waals surface area contributed by atoms with Gasteiger partial charge in [0.05, 0.1) is 11.0 Å². The summed E-state index contributed by atoms with van der Waals surface area (Å²) < 4.78 is 31.5. The van der Waals surface area contributed by atoms with E-state index in [0.29, 0.717) is 5.69 Å². The molecule has 8 heteroatoms. The molecule has 2 amide bonds. The Balaban J connectivity index is 2.01. The summed E-state index contributed by atoms with van der Waals surface area (Å²) in [4.78, 5) is 12.5. The number of hydrogen-bond donors (Lipinski definition) is 2. The Kier molecular flexibility index (Phi) is 6.34. The van der Waals surface area contributed by atoms with Crippen LogP contribution in [0.4, 0.5) is 10.5 Å². The number of urea groups is 1. The van der Waals surface area contributed by atoms with E-state index < -0.39 is 10.0 Å². The number of nitrogens with zero attached hydrogens (tertiary/aromatic N) is 1. The van der Waals surface area contributed by atoms with Crippen molar-refractivity contribution in [2.24, 2.45) is 11.3 Å². The maximum absolute atomic E-state index is 12.4. The number of carbonyl (C=O) groups is 1. The van der Waals surface area contributed by atoms with E-state index in [1.807, 2.05) is 6.92 Å². The number of sulfonamides is 1. The molecule has 3 atom stereocenters. The van der Waals surface area contributed by atoms with Crippen LogP contribution in [0.5, 0.6) is 0 Å². The highest BCUT2D eigenvalue weighted by molar-refractivity contribution is 7.89. The molecular formula is C19H29N3O4S. The van der Waals surface area contributed by atoms with Gasteiger partial charge in [-0.25, -0.2) is 13.2 Å². The fourth-order valence-corrected chi connectivity index (χ4v) is 5.04. The Hall–Kier alpha value is -1.90. The van der Waals surface area contributed by atoms with Crippen LogP contribution in [0.25, 0.3) is 0 Å². The second-order valence-electron chi connectivity index (χ2n) is 7.51. The van der Waals surface area contributed by atoms with Gasteiger partial charge in [0.1, 0.15) is 0 Å². The van der Waals surface area contributed by atoms with Crippen LogP contribution >= 0.6 is 0 Å². The number of amides is 2. The molecule has 2 rings (SSSR count). The van der Waals surface area contributed by atoms with Crippen molar-refractivity contribution in [3.8, 4) is 0 Å². The normalized spacial score (nSPS) is 24.1. The Morgan fingerprint density at radius 1 is 1.33 bits per heavy atom. The number of methoxy groups -OCH3 is 1. The summed E-state index contributed by atoms with van der Waals surface area (Å²) in [6.45, 7) is 9.94. The zero-order chi connectivity index (χ0) is 20.4. The molecule has 1 aliphatic rings. The van der Waals surface area contributed by atoms with Crippen LogP contribution in [-0.2, 0) is 14.8 Å². The van der Waals surface area contributed by atoms with E-state index in [4.69, 9.17) is 4.74 Å². The highest BCUT2D eigenvalue weighted by Crippen LogP contribution is 2.46. The predicted molar refractivity (Wildman–Crippen MR) is 106 cm³/mol. The second-order valence-corrected chi connectivity index (χ2v) is 9.56. The lowest BCUT2D eigenvalue weighted by Gasteiger charge is -2.56. The van der Waals surface area contributed by atoms with Crippen molar-refractivity contribution in [3.05, 3.63) is 36.9 Å². The van der Waals surface area contributed by atoms with Crippen LogP contribution in [0, 0.1) is 11.3 Å². The monoisotopic (exact) mass is 395 g/mol. The highest BCUT2D eigenvalue weighted by atomic mass is 32.2. The largest absolute Gasteiger partial charge is 0.380 e. The average molecular weight is 396 g/mol. The number of ether oxygens (including phenoxy) is 1. The topological polar surface area (TPSA) is 87.7 Å². The lowest BCUT2D eigenvalue weighted by molar-refractivity contribution is -0.140. The van der Waals surface area contributed by atoms with Crippen LogP contribution in [0.1, 0.15) is 20.8 Å². The Bertz CT molecular complexity index is 790. The molecule has 0 aliphatic heterocycles. The van der Waals surface area contributed by atoms with Crippen molar-refractivity contribution in [2.75, 3.05) is 26.0 Å². The van der Waals surface area contributed by atoms with Crippen LogP contribution in [0.3, 0.4) is 0 Å². The maximum atomic E-state index is 12.4. The van der Waals surface area contributed by atoms with Gasteiger partial charge in [-0.2, -0.15) is 4.31 Å². The van der Waals surface area contributed by atoms with Gasteiger partial charge in [-0.05, 0) is 24.3 Å². The minimum Gasteiger partial charge on any atom is -0.380 e. The van der Waals surface area contributed by atoms with Gasteiger partial charge < -0.3 is 15.4 Å². The highest BCUT2D eigenvalue weighted by Gasteiger charge is 2.55. The number of likely N-dealkylation sites (N-methyl/N-ethyl adjacent to an activating group) is 1. The second kappa shape index (κ2) is 8.00. The van der Waals surface area contributed by atoms with Gasteiger partial charge in [-0.3, -0.25) is 0 Å². The fraction of sp³-hybridized carbons (Fsp3) is 0.526. The van der Waals surface area contributed by atoms with Gasteiger partial charge in [-0.1, -0.05) is 26.8 Å². The van der Waals surface area contributed by atoms with E-state index in [9.17, 15) is 13.2 Å². The van der Waals surface area contributed by atoms with Gasteiger partial charge in [0.25, 0.3) is 0 Å². The SMILES string of the molecule is C=CCN(C)S(=O)(=O)c1ccc(NC(=O)N[C@@H]2[C@@H](C)[C@H](OC)C2(C)C)cc1. The third kappa shape index (κ3) is 4.17. The van der Waals surface area contributed by atoms with Crippen molar-refractivity contribution in [2.45, 2.75) is 37.8 Å². The van der Waals surface area contributed by atoms with Gasteiger partial charge in [0.2, 0.25) is 10.0 Å². The number of anilines is 1. The van der Waals surface area contributed by atoms with Crippen LogP contribution < -0.4 is 10.6 Å². The molecular weight excluding hydrogens is 366 g/mol. The van der Waals surface area contributed by atoms with E-state index in [1.54, 1.807) is 19.2 Å². The van der Waals surface area contributed by atoms with Crippen molar-refractivity contribution in [1.82, 2.24) is 9.62 Å². The maximum Gasteiger partial charge on any atom is 0.319 e. The molecule has 1 saturated carbocycles. The van der Waals surface area contributed by atoms with Crippen LogP contribution in [-0.4, -0.2) is 51.6 Å². The summed E-state index contributed by atoms with van der Waals surface area (Å²) in [5.74, 6) is 0.212. The fourth-order valence-electron chi connectivity index (χ4n) is 3.90. The predicted octanol–water partition coefficient (Wildman–Crippen LogP) is 2.67. The summed E-state index contributed by atoms with van der Waals surface area (Å²) in [5.41, 5.74) is 0.366. The number of carbonyl (C=O) groups excluding carboxylic acids is 1. The summed E-state index contributed by atoms with van der Waals surface area (Å²) in [7, 11) is -0.399. The van der Waals surface area contributed by atoms with Crippen molar-refractivity contribution in [3.63, 3.8) is 0 Å². The average Bonchev–Trinajstić information content (AvgIpc) is 2.60. The zero-order valence-corrected chi connectivity index (χ0v) is 17.3. The van der Waals surface area contributed by atoms with E-state index in [2.05, 4.69) is 31.1 Å². The molecule has 0 unspecified atom stereocenters. The summed E-state index contributed by atoms with van der Waals surface area (Å²) >= 11 is 0. The third-order valence-electron chi connectivity index (χ3n) is 5.29. The molecule has 1 aromatic rings. The van der Waals surface area contributed by atoms with Crippen LogP contribution in [0.15, 0.2) is 41.8 Å². The lowest BCUT2D eigenvalue weighted by atomic mass is 9.58. The standard InChI is InChI=1S/C19H29N3O4S/c1-7-12-22(5)27(24,25)15-10-8-14(9-11-15)20-18(23)21-16-13(2)17(26-6)19(16,3)4/h7-11,13,16-17H,1,12H2,2-6H3,(H2,20,21,23)/t13-,16-,17+/m1/s1. The molecule has 0 heterocycles. The lowest BCUT2D eigenvalue weighted by Crippen LogP contribution is -2.68. The minimum atomic E-state index is -3.57. The first kappa shape index (κ1) is 21.4. The number of benzene rings is 1. The van der Waals surface area contributed by atoms with E-state index in [1.165, 1.54) is 29.6 Å². The molecule has 150 valence electrons. The first-order valence-corrected chi connectivity index (χ1v) is 10.3. The third-order valence-corrected chi connectivity index (χ3v) is 7.12. The molecule has 7 nitrogen and oxygen atoms in total. The molecule has 2 N–H and O–H groups in total. The Morgan fingerprint density at radius 2 is 1.93 bits per heavy atom. The molecule has 0 radical (unpaired) electrons. The van der Waals surface area contributed by atoms with Gasteiger partial charge >= 0.3 is 6.03 Å². The quantitative estimate of drug-likeness (QED) is 0.695. The van der Waals surface area contributed by atoms with Gasteiger partial charge in [-0.15, -0.1) is 6.58 Å². The smallest absolute Gasteiger partial charge is 0.319 e. The van der Waals surface area contributed by atoms with Crippen molar-refractivity contribution >= 4 is 21.7 Å². The molecule has 1 aliphatic carbocycles. The minimum absolute atomic E-state index is 0.00495. The van der Waals surface area contributed by atoms with Gasteiger partial charge in [0.15, 0.2) is 0 Å². The van der Waals surface area contributed by atoms with Crippen LogP contribution in [0.2, 0.25) is 0 Å². The summed E-state index contributed by atoms with van der Waals surface area (Å²) in [6.07, 6.45) is 1.62. The molecule has 27 heavy (non-hydrogen) atoms. The van der Waals surface area contributed by atoms with Crippen molar-refractivity contribution in [1.29, 1.82) is 0 Å². The van der Waals surface area contributed by atoms with Crippen molar-refractivity contribution < 1.29 is 17.9 Å². The first-order chi connectivity index (χ1) is 12.6. The molecule has 1 aromatic carbocycles. The summed E-state index contributed by atoms with van der Waals surface area (Å²) in [5, 5.41) is 5.73. The molecule has 0 saturated heterocycles. The number of nitrogens with one attached hydrogen (secondary N) is 2. The van der Waals surface area contributed by atoms with E-state index >= 15 is 0 Å². The van der Waals surface area contributed by atoms with E-state index in [0.717, 1.165) is 0 Å². The number of hydrogen-bond acceptors (Lipinski definition) is 4. The molecule has 0 spiro atoms. The number of rotatable bonds is 7. The molecule has 0 bridgehead atoms. The van der Waals surface area contributed by atoms with E-state index in [-0.39, 0.29) is 41.0 Å². The zero-order valence-electron chi connectivity index (χ0n) is 16.5. The Morgan fingerprint density at radius 3 is 2.41 bits per heavy atom. The Labute approximate surface area is 161 Å². The first-order valence-electron chi connectivity index (χ1n) is 8.83. The van der Waals surface area contributed by atoms with Gasteiger partial charge in [0, 0.05) is 43.8 Å². The molecule has 0 aromatic heterocycles. The molecule has 1 fully saturated rings.